The summed E-state index contributed by atoms with van der Waals surface area (Å²) in [5, 5.41) is 9.21. The van der Waals surface area contributed by atoms with Gasteiger partial charge in [0.15, 0.2) is 17.5 Å². The molecule has 0 radical (unpaired) electrons. The van der Waals surface area contributed by atoms with Crippen LogP contribution in [0.4, 0.5) is 0 Å². The number of hydrogen-bond acceptors (Lipinski definition) is 3. The first-order chi connectivity index (χ1) is 13.2. The van der Waals surface area contributed by atoms with Gasteiger partial charge in [-0.3, -0.25) is 4.99 Å². The minimum absolute atomic E-state index is 0. The Balaban J connectivity index is 0.00000280. The first-order valence-electron chi connectivity index (χ1n) is 8.87. The van der Waals surface area contributed by atoms with Gasteiger partial charge in [-0.15, -0.1) is 24.0 Å². The number of benzene rings is 3. The van der Waals surface area contributed by atoms with Crippen LogP contribution in [0.1, 0.15) is 11.1 Å². The van der Waals surface area contributed by atoms with Crippen molar-refractivity contribution in [2.75, 3.05) is 21.3 Å². The van der Waals surface area contributed by atoms with Crippen LogP contribution in [-0.2, 0) is 13.1 Å². The van der Waals surface area contributed by atoms with Crippen LogP contribution in [0.5, 0.6) is 11.5 Å². The lowest BCUT2D eigenvalue weighted by Gasteiger charge is -2.14. The van der Waals surface area contributed by atoms with Crippen molar-refractivity contribution >= 4 is 40.7 Å². The van der Waals surface area contributed by atoms with Gasteiger partial charge >= 0.3 is 0 Å². The molecule has 3 aromatic rings. The normalized spacial score (nSPS) is 10.9. The molecule has 0 unspecified atom stereocenters. The molecule has 5 nitrogen and oxygen atoms in total. The molecule has 0 aliphatic carbocycles. The van der Waals surface area contributed by atoms with Crippen molar-refractivity contribution in [1.29, 1.82) is 0 Å². The number of nitrogens with one attached hydrogen (secondary N) is 2. The monoisotopic (exact) mass is 491 g/mol. The predicted molar refractivity (Wildman–Crippen MR) is 126 cm³/mol. The smallest absolute Gasteiger partial charge is 0.191 e. The van der Waals surface area contributed by atoms with Crippen molar-refractivity contribution in [2.24, 2.45) is 4.99 Å². The molecule has 0 aliphatic heterocycles. The molecule has 0 spiro atoms. The molecule has 3 rings (SSSR count). The van der Waals surface area contributed by atoms with E-state index in [0.29, 0.717) is 13.1 Å². The summed E-state index contributed by atoms with van der Waals surface area (Å²) < 4.78 is 10.6. The molecule has 28 heavy (non-hydrogen) atoms. The molecule has 0 aliphatic rings. The molecule has 0 heterocycles. The second kappa shape index (κ2) is 10.8. The van der Waals surface area contributed by atoms with E-state index in [-0.39, 0.29) is 24.0 Å². The van der Waals surface area contributed by atoms with Gasteiger partial charge in [0.05, 0.1) is 14.2 Å². The van der Waals surface area contributed by atoms with Crippen LogP contribution < -0.4 is 20.1 Å². The number of methoxy groups -OCH3 is 2. The average Bonchev–Trinajstić information content (AvgIpc) is 2.73. The van der Waals surface area contributed by atoms with Crippen molar-refractivity contribution in [2.45, 2.75) is 13.1 Å². The maximum atomic E-state index is 5.36. The topological polar surface area (TPSA) is 54.9 Å². The van der Waals surface area contributed by atoms with E-state index in [1.807, 2.05) is 18.2 Å². The molecule has 2 N–H and O–H groups in total. The van der Waals surface area contributed by atoms with Crippen LogP contribution in [-0.4, -0.2) is 27.2 Å². The van der Waals surface area contributed by atoms with Crippen LogP contribution in [0.3, 0.4) is 0 Å². The van der Waals surface area contributed by atoms with E-state index in [9.17, 15) is 0 Å². The molecule has 0 atom stereocenters. The Bertz CT molecular complexity index is 939. The number of fused-ring (bicyclic) bond motifs is 1. The molecular weight excluding hydrogens is 465 g/mol. The first kappa shape index (κ1) is 21.8. The zero-order chi connectivity index (χ0) is 19.1. The zero-order valence-electron chi connectivity index (χ0n) is 16.4. The van der Waals surface area contributed by atoms with E-state index in [0.717, 1.165) is 23.0 Å². The van der Waals surface area contributed by atoms with Gasteiger partial charge in [-0.1, -0.05) is 48.5 Å². The van der Waals surface area contributed by atoms with Crippen LogP contribution in [0.25, 0.3) is 10.8 Å². The molecule has 148 valence electrons. The van der Waals surface area contributed by atoms with Gasteiger partial charge in [-0.25, -0.2) is 0 Å². The fourth-order valence-corrected chi connectivity index (χ4v) is 3.02. The van der Waals surface area contributed by atoms with Gasteiger partial charge in [0.2, 0.25) is 0 Å². The highest BCUT2D eigenvalue weighted by Crippen LogP contribution is 2.27. The number of guanidine groups is 1. The van der Waals surface area contributed by atoms with E-state index in [4.69, 9.17) is 9.47 Å². The average molecular weight is 491 g/mol. The number of hydrogen-bond donors (Lipinski definition) is 2. The predicted octanol–water partition coefficient (Wildman–Crippen LogP) is 4.34. The molecule has 0 saturated heterocycles. The number of aliphatic imine (C=N–C) groups is 1. The third-order valence-electron chi connectivity index (χ3n) is 4.46. The molecule has 0 saturated carbocycles. The van der Waals surface area contributed by atoms with Crippen molar-refractivity contribution in [1.82, 2.24) is 10.6 Å². The van der Waals surface area contributed by atoms with Crippen molar-refractivity contribution in [3.05, 3.63) is 71.8 Å². The second-order valence-corrected chi connectivity index (χ2v) is 6.11. The molecular formula is C22H26IN3O2. The first-order valence-corrected chi connectivity index (χ1v) is 8.87. The molecule has 0 aromatic heterocycles. The fraction of sp³-hybridized carbons (Fsp3) is 0.227. The lowest BCUT2D eigenvalue weighted by atomic mass is 10.0. The highest BCUT2D eigenvalue weighted by Gasteiger charge is 2.06. The summed E-state index contributed by atoms with van der Waals surface area (Å²) in [4.78, 5) is 4.31. The Morgan fingerprint density at radius 3 is 2.32 bits per heavy atom. The van der Waals surface area contributed by atoms with Gasteiger partial charge in [0.25, 0.3) is 0 Å². The van der Waals surface area contributed by atoms with Gasteiger partial charge in [0.1, 0.15) is 0 Å². The lowest BCUT2D eigenvalue weighted by Crippen LogP contribution is -2.36. The summed E-state index contributed by atoms with van der Waals surface area (Å²) in [5.41, 5.74) is 2.32. The van der Waals surface area contributed by atoms with Crippen LogP contribution in [0.2, 0.25) is 0 Å². The van der Waals surface area contributed by atoms with Crippen LogP contribution in [0, 0.1) is 0 Å². The van der Waals surface area contributed by atoms with Crippen molar-refractivity contribution < 1.29 is 9.47 Å². The zero-order valence-corrected chi connectivity index (χ0v) is 18.7. The van der Waals surface area contributed by atoms with Crippen molar-refractivity contribution in [3.8, 4) is 11.5 Å². The second-order valence-electron chi connectivity index (χ2n) is 6.11. The Kier molecular flexibility index (Phi) is 8.38. The summed E-state index contributed by atoms with van der Waals surface area (Å²) in [6.07, 6.45) is 0. The van der Waals surface area contributed by atoms with Crippen LogP contribution >= 0.6 is 24.0 Å². The highest BCUT2D eigenvalue weighted by molar-refractivity contribution is 14.0. The Morgan fingerprint density at radius 1 is 0.857 bits per heavy atom. The highest BCUT2D eigenvalue weighted by atomic mass is 127. The van der Waals surface area contributed by atoms with Gasteiger partial charge in [0, 0.05) is 20.1 Å². The third-order valence-corrected chi connectivity index (χ3v) is 4.46. The number of nitrogens with zero attached hydrogens (tertiary/aromatic N) is 1. The van der Waals surface area contributed by atoms with Gasteiger partial charge in [-0.05, 0) is 34.0 Å². The fourth-order valence-electron chi connectivity index (χ4n) is 3.02. The number of rotatable bonds is 6. The SMILES string of the molecule is CN=C(NCc1ccc(OC)c(OC)c1)NCc1cccc2ccccc12.I. The van der Waals surface area contributed by atoms with Gasteiger partial charge < -0.3 is 20.1 Å². The molecule has 0 bridgehead atoms. The molecule has 0 fully saturated rings. The quantitative estimate of drug-likeness (QED) is 0.306. The van der Waals surface area contributed by atoms with Crippen molar-refractivity contribution in [3.63, 3.8) is 0 Å². The molecule has 0 amide bonds. The number of ether oxygens (including phenoxy) is 2. The standard InChI is InChI=1S/C22H25N3O2.HI/c1-23-22(24-14-16-11-12-20(26-2)21(13-16)27-3)25-15-18-9-6-8-17-7-4-5-10-19(17)18;/h4-13H,14-15H2,1-3H3,(H2,23,24,25);1H. The minimum atomic E-state index is 0. The summed E-state index contributed by atoms with van der Waals surface area (Å²) in [6, 6.07) is 20.6. The van der Waals surface area contributed by atoms with E-state index in [1.165, 1.54) is 16.3 Å². The van der Waals surface area contributed by atoms with Crippen LogP contribution in [0.15, 0.2) is 65.7 Å². The Hall–Kier alpha value is -2.48. The van der Waals surface area contributed by atoms with Gasteiger partial charge in [-0.2, -0.15) is 0 Å². The molecule has 3 aromatic carbocycles. The number of halogens is 1. The summed E-state index contributed by atoms with van der Waals surface area (Å²) >= 11 is 0. The maximum absolute atomic E-state index is 5.36. The summed E-state index contributed by atoms with van der Waals surface area (Å²) in [7, 11) is 5.04. The third kappa shape index (κ3) is 5.28. The maximum Gasteiger partial charge on any atom is 0.191 e. The Morgan fingerprint density at radius 2 is 1.57 bits per heavy atom. The van der Waals surface area contributed by atoms with E-state index in [2.05, 4.69) is 58.1 Å². The minimum Gasteiger partial charge on any atom is -0.493 e. The largest absolute Gasteiger partial charge is 0.493 e. The van der Waals surface area contributed by atoms with E-state index >= 15 is 0 Å². The summed E-state index contributed by atoms with van der Waals surface area (Å²) in [6.45, 7) is 1.34. The summed E-state index contributed by atoms with van der Waals surface area (Å²) in [5.74, 6) is 2.19. The lowest BCUT2D eigenvalue weighted by molar-refractivity contribution is 0.354. The Labute approximate surface area is 183 Å². The van der Waals surface area contributed by atoms with E-state index in [1.54, 1.807) is 21.3 Å². The molecule has 6 heteroatoms. The van der Waals surface area contributed by atoms with E-state index < -0.39 is 0 Å².